The smallest absolute Gasteiger partial charge is 0.250 e. The van der Waals surface area contributed by atoms with Gasteiger partial charge in [-0.3, -0.25) is 9.59 Å². The lowest BCUT2D eigenvalue weighted by atomic mass is 9.94. The van der Waals surface area contributed by atoms with Crippen LogP contribution in [0.5, 0.6) is 0 Å². The van der Waals surface area contributed by atoms with E-state index >= 15 is 0 Å². The van der Waals surface area contributed by atoms with Gasteiger partial charge in [0.2, 0.25) is 11.8 Å². The molecule has 0 unspecified atom stereocenters. The Morgan fingerprint density at radius 2 is 1.72 bits per heavy atom. The van der Waals surface area contributed by atoms with E-state index in [0.29, 0.717) is 12.2 Å². The van der Waals surface area contributed by atoms with Crippen LogP contribution in [-0.4, -0.2) is 50.6 Å². The van der Waals surface area contributed by atoms with Crippen molar-refractivity contribution in [3.8, 4) is 0 Å². The number of rotatable bonds is 11. The molecule has 1 N–H and O–H groups in total. The van der Waals surface area contributed by atoms with Crippen molar-refractivity contribution in [3.63, 3.8) is 0 Å². The van der Waals surface area contributed by atoms with E-state index < -0.39 is 0 Å². The van der Waals surface area contributed by atoms with Gasteiger partial charge in [-0.2, -0.15) is 0 Å². The first-order valence-electron chi connectivity index (χ1n) is 11.3. The molecule has 0 saturated carbocycles. The van der Waals surface area contributed by atoms with Crippen molar-refractivity contribution in [2.45, 2.75) is 52.1 Å². The molecule has 0 aromatic heterocycles. The standard InChI is InChI=1S/C26H37N3O3/c1-7-19(3)29(26(31)23(8-2)20-12-10-9-11-13-20)17-21-16-22(27-25(30)18-32-6)14-15-24(21)28(4)5/h9-16,19,23H,7-8,17-18H2,1-6H3,(H,27,30)/t19-,23+/m1/s1. The summed E-state index contributed by atoms with van der Waals surface area (Å²) in [6.07, 6.45) is 1.60. The number of carbonyl (C=O) groups is 2. The minimum Gasteiger partial charge on any atom is -0.377 e. The number of methoxy groups -OCH3 is 1. The van der Waals surface area contributed by atoms with Crippen molar-refractivity contribution in [2.24, 2.45) is 0 Å². The third kappa shape index (κ3) is 6.57. The highest BCUT2D eigenvalue weighted by atomic mass is 16.5. The second-order valence-electron chi connectivity index (χ2n) is 8.31. The summed E-state index contributed by atoms with van der Waals surface area (Å²) in [5.74, 6) is -0.259. The molecule has 2 rings (SSSR count). The van der Waals surface area contributed by atoms with Gasteiger partial charge >= 0.3 is 0 Å². The molecule has 174 valence electrons. The van der Waals surface area contributed by atoms with Crippen molar-refractivity contribution in [1.29, 1.82) is 0 Å². The highest BCUT2D eigenvalue weighted by Crippen LogP contribution is 2.29. The number of nitrogens with zero attached hydrogens (tertiary/aromatic N) is 2. The quantitative estimate of drug-likeness (QED) is 0.553. The Balaban J connectivity index is 2.40. The van der Waals surface area contributed by atoms with Crippen LogP contribution in [0.1, 0.15) is 50.7 Å². The van der Waals surface area contributed by atoms with Crippen molar-refractivity contribution >= 4 is 23.2 Å². The Morgan fingerprint density at radius 1 is 1.03 bits per heavy atom. The monoisotopic (exact) mass is 439 g/mol. The number of carbonyl (C=O) groups excluding carboxylic acids is 2. The number of hydrogen-bond donors (Lipinski definition) is 1. The fourth-order valence-corrected chi connectivity index (χ4v) is 3.85. The number of ether oxygens (including phenoxy) is 1. The van der Waals surface area contributed by atoms with Gasteiger partial charge in [0.05, 0.1) is 5.92 Å². The Morgan fingerprint density at radius 3 is 2.28 bits per heavy atom. The Bertz CT molecular complexity index is 883. The fraction of sp³-hybridized carbons (Fsp3) is 0.462. The molecule has 32 heavy (non-hydrogen) atoms. The Labute approximate surface area is 192 Å². The van der Waals surface area contributed by atoms with E-state index in [2.05, 4.69) is 26.1 Å². The van der Waals surface area contributed by atoms with E-state index in [1.165, 1.54) is 7.11 Å². The van der Waals surface area contributed by atoms with E-state index in [9.17, 15) is 9.59 Å². The van der Waals surface area contributed by atoms with Gasteiger partial charge in [-0.25, -0.2) is 0 Å². The summed E-state index contributed by atoms with van der Waals surface area (Å²) >= 11 is 0. The topological polar surface area (TPSA) is 61.9 Å². The summed E-state index contributed by atoms with van der Waals surface area (Å²) in [7, 11) is 5.46. The van der Waals surface area contributed by atoms with Gasteiger partial charge in [-0.1, -0.05) is 44.2 Å². The number of benzene rings is 2. The molecule has 2 amide bonds. The molecule has 0 aliphatic rings. The molecule has 0 fully saturated rings. The summed E-state index contributed by atoms with van der Waals surface area (Å²) in [4.78, 5) is 29.7. The van der Waals surface area contributed by atoms with Crippen LogP contribution >= 0.6 is 0 Å². The van der Waals surface area contributed by atoms with Gasteiger partial charge < -0.3 is 19.9 Å². The lowest BCUT2D eigenvalue weighted by Gasteiger charge is -2.33. The highest BCUT2D eigenvalue weighted by Gasteiger charge is 2.28. The van der Waals surface area contributed by atoms with Gasteiger partial charge in [-0.05, 0) is 49.1 Å². The third-order valence-electron chi connectivity index (χ3n) is 5.78. The van der Waals surface area contributed by atoms with Crippen LogP contribution in [0.3, 0.4) is 0 Å². The minimum atomic E-state index is -0.207. The molecule has 2 aromatic carbocycles. The van der Waals surface area contributed by atoms with Crippen LogP contribution in [-0.2, 0) is 20.9 Å². The molecular formula is C26H37N3O3. The van der Waals surface area contributed by atoms with Gasteiger partial charge in [-0.15, -0.1) is 0 Å². The molecule has 0 radical (unpaired) electrons. The highest BCUT2D eigenvalue weighted by molar-refractivity contribution is 5.92. The number of anilines is 2. The number of amides is 2. The predicted octanol–water partition coefficient (Wildman–Crippen LogP) is 4.66. The first kappa shape index (κ1) is 25.4. The van der Waals surface area contributed by atoms with E-state index in [4.69, 9.17) is 4.74 Å². The Kier molecular flexibility index (Phi) is 9.72. The summed E-state index contributed by atoms with van der Waals surface area (Å²) in [6, 6.07) is 15.9. The molecule has 0 saturated heterocycles. The first-order chi connectivity index (χ1) is 15.3. The second-order valence-corrected chi connectivity index (χ2v) is 8.31. The molecular weight excluding hydrogens is 402 g/mol. The predicted molar refractivity (Wildman–Crippen MR) is 131 cm³/mol. The SMILES string of the molecule is CC[C@H](C(=O)N(Cc1cc(NC(=O)COC)ccc1N(C)C)[C@H](C)CC)c1ccccc1. The summed E-state index contributed by atoms with van der Waals surface area (Å²) < 4.78 is 4.92. The average Bonchev–Trinajstić information content (AvgIpc) is 2.78. The van der Waals surface area contributed by atoms with Gasteiger partial charge in [0, 0.05) is 45.2 Å². The number of nitrogens with one attached hydrogen (secondary N) is 1. The number of hydrogen-bond acceptors (Lipinski definition) is 4. The van der Waals surface area contributed by atoms with Crippen LogP contribution in [0.2, 0.25) is 0 Å². The third-order valence-corrected chi connectivity index (χ3v) is 5.78. The molecule has 2 atom stereocenters. The normalized spacial score (nSPS) is 12.7. The van der Waals surface area contributed by atoms with Crippen LogP contribution < -0.4 is 10.2 Å². The molecule has 0 aliphatic carbocycles. The van der Waals surface area contributed by atoms with Gasteiger partial charge in [0.1, 0.15) is 6.61 Å². The summed E-state index contributed by atoms with van der Waals surface area (Å²) in [6.45, 7) is 6.72. The first-order valence-corrected chi connectivity index (χ1v) is 11.3. The second kappa shape index (κ2) is 12.2. The van der Waals surface area contributed by atoms with Crippen LogP contribution in [0.4, 0.5) is 11.4 Å². The van der Waals surface area contributed by atoms with Crippen LogP contribution in [0.25, 0.3) is 0 Å². The van der Waals surface area contributed by atoms with Crippen molar-refractivity contribution in [2.75, 3.05) is 38.0 Å². The van der Waals surface area contributed by atoms with Gasteiger partial charge in [0.15, 0.2) is 0 Å². The fourth-order valence-electron chi connectivity index (χ4n) is 3.85. The van der Waals surface area contributed by atoms with Crippen LogP contribution in [0.15, 0.2) is 48.5 Å². The average molecular weight is 440 g/mol. The summed E-state index contributed by atoms with van der Waals surface area (Å²) in [5, 5.41) is 2.87. The minimum absolute atomic E-state index is 0.00248. The van der Waals surface area contributed by atoms with Crippen molar-refractivity contribution < 1.29 is 14.3 Å². The van der Waals surface area contributed by atoms with E-state index in [1.807, 2.05) is 72.4 Å². The van der Waals surface area contributed by atoms with E-state index in [0.717, 1.165) is 29.7 Å². The lowest BCUT2D eigenvalue weighted by Crippen LogP contribution is -2.41. The maximum absolute atomic E-state index is 13.7. The molecule has 0 aliphatic heterocycles. The largest absolute Gasteiger partial charge is 0.377 e. The zero-order chi connectivity index (χ0) is 23.7. The zero-order valence-electron chi connectivity index (χ0n) is 20.2. The molecule has 0 heterocycles. The maximum Gasteiger partial charge on any atom is 0.250 e. The molecule has 0 spiro atoms. The molecule has 2 aromatic rings. The van der Waals surface area contributed by atoms with E-state index in [1.54, 1.807) is 0 Å². The lowest BCUT2D eigenvalue weighted by molar-refractivity contribution is -0.135. The summed E-state index contributed by atoms with van der Waals surface area (Å²) in [5.41, 5.74) is 3.74. The zero-order valence-corrected chi connectivity index (χ0v) is 20.2. The molecule has 6 heteroatoms. The van der Waals surface area contributed by atoms with Gasteiger partial charge in [0.25, 0.3) is 0 Å². The molecule has 6 nitrogen and oxygen atoms in total. The molecule has 0 bridgehead atoms. The Hall–Kier alpha value is -2.86. The van der Waals surface area contributed by atoms with Crippen LogP contribution in [0, 0.1) is 0 Å². The van der Waals surface area contributed by atoms with E-state index in [-0.39, 0.29) is 30.4 Å². The van der Waals surface area contributed by atoms with Crippen molar-refractivity contribution in [3.05, 3.63) is 59.7 Å². The maximum atomic E-state index is 13.7. The van der Waals surface area contributed by atoms with Crippen molar-refractivity contribution in [1.82, 2.24) is 4.90 Å².